The van der Waals surface area contributed by atoms with E-state index in [4.69, 9.17) is 0 Å². The van der Waals surface area contributed by atoms with E-state index in [1.54, 1.807) is 17.1 Å². The van der Waals surface area contributed by atoms with Crippen LogP contribution in [-0.2, 0) is 11.3 Å². The molecule has 1 N–H and O–H groups in total. The molecule has 0 aromatic carbocycles. The van der Waals surface area contributed by atoms with Gasteiger partial charge in [-0.3, -0.25) is 9.48 Å². The summed E-state index contributed by atoms with van der Waals surface area (Å²) in [6, 6.07) is 2.23. The fourth-order valence-electron chi connectivity index (χ4n) is 2.33. The van der Waals surface area contributed by atoms with Crippen LogP contribution in [0.25, 0.3) is 0 Å². The molecule has 0 aliphatic rings. The molecule has 0 fully saturated rings. The van der Waals surface area contributed by atoms with Crippen molar-refractivity contribution in [1.82, 2.24) is 20.3 Å². The highest BCUT2D eigenvalue weighted by Crippen LogP contribution is 2.29. The third-order valence-corrected chi connectivity index (χ3v) is 3.32. The minimum absolute atomic E-state index is 0.137. The van der Waals surface area contributed by atoms with Crippen molar-refractivity contribution in [3.05, 3.63) is 12.4 Å². The lowest BCUT2D eigenvalue weighted by molar-refractivity contribution is -0.128. The molecule has 1 amide bonds. The molecule has 0 bridgehead atoms. The van der Waals surface area contributed by atoms with Gasteiger partial charge in [0.15, 0.2) is 0 Å². The number of aromatic nitrogens is 3. The Bertz CT molecular complexity index is 429. The van der Waals surface area contributed by atoms with Crippen LogP contribution >= 0.6 is 0 Å². The molecule has 20 heavy (non-hydrogen) atoms. The predicted octanol–water partition coefficient (Wildman–Crippen LogP) is 1.89. The smallest absolute Gasteiger partial charge is 0.240 e. The average Bonchev–Trinajstić information content (AvgIpc) is 2.96. The lowest BCUT2D eigenvalue weighted by Gasteiger charge is -2.24. The van der Waals surface area contributed by atoms with Crippen LogP contribution in [-0.4, -0.2) is 27.4 Å². The van der Waals surface area contributed by atoms with Gasteiger partial charge in [-0.05, 0) is 19.3 Å². The summed E-state index contributed by atoms with van der Waals surface area (Å²) in [5.41, 5.74) is -0.864. The summed E-state index contributed by atoms with van der Waals surface area (Å²) >= 11 is 0. The second kappa shape index (κ2) is 8.31. The Labute approximate surface area is 120 Å². The maximum atomic E-state index is 12.3. The molecule has 0 saturated heterocycles. The Kier molecular flexibility index (Phi) is 6.71. The lowest BCUT2D eigenvalue weighted by Crippen LogP contribution is -2.40. The van der Waals surface area contributed by atoms with Crippen molar-refractivity contribution in [2.45, 2.75) is 52.5 Å². The van der Waals surface area contributed by atoms with E-state index in [2.05, 4.69) is 21.7 Å². The highest BCUT2D eigenvalue weighted by molar-refractivity contribution is 5.85. The van der Waals surface area contributed by atoms with Crippen molar-refractivity contribution in [2.24, 2.45) is 5.41 Å². The summed E-state index contributed by atoms with van der Waals surface area (Å²) in [5.74, 6) is -0.137. The Hall–Kier alpha value is -1.90. The van der Waals surface area contributed by atoms with Crippen molar-refractivity contribution < 1.29 is 4.79 Å². The molecule has 1 aromatic heterocycles. The Balaban J connectivity index is 2.43. The first kappa shape index (κ1) is 16.2. The van der Waals surface area contributed by atoms with Crippen LogP contribution in [0.3, 0.4) is 0 Å². The van der Waals surface area contributed by atoms with E-state index >= 15 is 0 Å². The van der Waals surface area contributed by atoms with Crippen LogP contribution in [0, 0.1) is 16.7 Å². The molecule has 1 aromatic rings. The molecular weight excluding hydrogens is 254 g/mol. The summed E-state index contributed by atoms with van der Waals surface area (Å²) in [6.07, 6.45) is 7.09. The van der Waals surface area contributed by atoms with E-state index in [1.807, 2.05) is 13.8 Å². The highest BCUT2D eigenvalue weighted by Gasteiger charge is 2.36. The monoisotopic (exact) mass is 277 g/mol. The summed E-state index contributed by atoms with van der Waals surface area (Å²) in [7, 11) is 0. The van der Waals surface area contributed by atoms with Crippen LogP contribution in [0.1, 0.15) is 46.0 Å². The molecule has 0 radical (unpaired) electrons. The predicted molar refractivity (Wildman–Crippen MR) is 75.5 cm³/mol. The number of nitriles is 1. The van der Waals surface area contributed by atoms with Crippen molar-refractivity contribution in [1.29, 1.82) is 5.26 Å². The molecule has 110 valence electrons. The Morgan fingerprint density at radius 1 is 1.40 bits per heavy atom. The standard InChI is InChI=1S/C14H23N5O/c1-3-6-14(12-15,7-4-2)13(20)16-8-5-10-19-11-9-17-18-19/h9,11H,3-8,10H2,1-2H3,(H,16,20). The Morgan fingerprint density at radius 3 is 2.60 bits per heavy atom. The third-order valence-electron chi connectivity index (χ3n) is 3.32. The van der Waals surface area contributed by atoms with Gasteiger partial charge in [0.05, 0.1) is 12.3 Å². The van der Waals surface area contributed by atoms with Crippen LogP contribution < -0.4 is 5.32 Å². The van der Waals surface area contributed by atoms with Crippen molar-refractivity contribution in [3.8, 4) is 6.07 Å². The minimum Gasteiger partial charge on any atom is -0.355 e. The molecule has 6 nitrogen and oxygen atoms in total. The molecule has 0 saturated carbocycles. The number of hydrogen-bond acceptors (Lipinski definition) is 4. The quantitative estimate of drug-likeness (QED) is 0.699. The van der Waals surface area contributed by atoms with Gasteiger partial charge in [-0.15, -0.1) is 5.10 Å². The van der Waals surface area contributed by atoms with Crippen molar-refractivity contribution in [3.63, 3.8) is 0 Å². The largest absolute Gasteiger partial charge is 0.355 e. The average molecular weight is 277 g/mol. The van der Waals surface area contributed by atoms with Gasteiger partial charge in [-0.1, -0.05) is 31.9 Å². The molecule has 6 heteroatoms. The fourth-order valence-corrected chi connectivity index (χ4v) is 2.33. The van der Waals surface area contributed by atoms with Gasteiger partial charge in [0.1, 0.15) is 5.41 Å². The van der Waals surface area contributed by atoms with E-state index < -0.39 is 5.41 Å². The van der Waals surface area contributed by atoms with Gasteiger partial charge in [0.2, 0.25) is 5.91 Å². The van der Waals surface area contributed by atoms with Crippen LogP contribution in [0.15, 0.2) is 12.4 Å². The second-order valence-electron chi connectivity index (χ2n) is 4.97. The maximum Gasteiger partial charge on any atom is 0.240 e. The first-order chi connectivity index (χ1) is 9.68. The van der Waals surface area contributed by atoms with Gasteiger partial charge in [-0.2, -0.15) is 5.26 Å². The van der Waals surface area contributed by atoms with Crippen LogP contribution in [0.5, 0.6) is 0 Å². The first-order valence-electron chi connectivity index (χ1n) is 7.22. The maximum absolute atomic E-state index is 12.3. The van der Waals surface area contributed by atoms with Gasteiger partial charge < -0.3 is 5.32 Å². The van der Waals surface area contributed by atoms with E-state index in [1.165, 1.54) is 0 Å². The molecule has 1 heterocycles. The van der Waals surface area contributed by atoms with Crippen LogP contribution in [0.2, 0.25) is 0 Å². The molecule has 0 spiro atoms. The minimum atomic E-state index is -0.864. The Morgan fingerprint density at radius 2 is 2.10 bits per heavy atom. The van der Waals surface area contributed by atoms with Gasteiger partial charge >= 0.3 is 0 Å². The van der Waals surface area contributed by atoms with Gasteiger partial charge in [0.25, 0.3) is 0 Å². The molecule has 0 atom stereocenters. The molecule has 0 aliphatic carbocycles. The molecule has 1 rings (SSSR count). The second-order valence-corrected chi connectivity index (χ2v) is 4.97. The van der Waals surface area contributed by atoms with Crippen molar-refractivity contribution in [2.75, 3.05) is 6.54 Å². The van der Waals surface area contributed by atoms with Crippen LogP contribution in [0.4, 0.5) is 0 Å². The first-order valence-corrected chi connectivity index (χ1v) is 7.22. The van der Waals surface area contributed by atoms with E-state index in [0.717, 1.165) is 19.3 Å². The summed E-state index contributed by atoms with van der Waals surface area (Å²) < 4.78 is 1.72. The number of nitrogens with zero attached hydrogens (tertiary/aromatic N) is 4. The highest BCUT2D eigenvalue weighted by atomic mass is 16.2. The molecule has 0 unspecified atom stereocenters. The number of aryl methyl sites for hydroxylation is 1. The summed E-state index contributed by atoms with van der Waals surface area (Å²) in [5, 5.41) is 19.8. The lowest BCUT2D eigenvalue weighted by atomic mass is 9.80. The number of amides is 1. The summed E-state index contributed by atoms with van der Waals surface area (Å²) in [6.45, 7) is 5.26. The SMILES string of the molecule is CCCC(C#N)(CCC)C(=O)NCCCn1ccnn1. The number of hydrogen-bond donors (Lipinski definition) is 1. The number of rotatable bonds is 9. The molecular formula is C14H23N5O. The van der Waals surface area contributed by atoms with Gasteiger partial charge in [0, 0.05) is 19.3 Å². The van der Waals surface area contributed by atoms with Gasteiger partial charge in [-0.25, -0.2) is 0 Å². The fraction of sp³-hybridized carbons (Fsp3) is 0.714. The molecule has 0 aliphatic heterocycles. The zero-order valence-electron chi connectivity index (χ0n) is 12.3. The topological polar surface area (TPSA) is 83.6 Å². The van der Waals surface area contributed by atoms with E-state index in [0.29, 0.717) is 25.9 Å². The third kappa shape index (κ3) is 4.34. The zero-order valence-corrected chi connectivity index (χ0v) is 12.3. The number of carbonyl (C=O) groups excluding carboxylic acids is 1. The number of nitrogens with one attached hydrogen (secondary N) is 1. The normalized spacial score (nSPS) is 11.1. The van der Waals surface area contributed by atoms with E-state index in [9.17, 15) is 10.1 Å². The summed E-state index contributed by atoms with van der Waals surface area (Å²) in [4.78, 5) is 12.3. The van der Waals surface area contributed by atoms with Crippen molar-refractivity contribution >= 4 is 5.91 Å². The zero-order chi connectivity index (χ0) is 14.8. The number of carbonyl (C=O) groups is 1. The van der Waals surface area contributed by atoms with E-state index in [-0.39, 0.29) is 5.91 Å².